The lowest BCUT2D eigenvalue weighted by Crippen LogP contribution is -2.35. The van der Waals surface area contributed by atoms with E-state index in [9.17, 15) is 4.79 Å². The number of benzene rings is 2. The number of ether oxygens (including phenoxy) is 1. The molecular formula is C25H24N4O2S. The molecule has 4 aromatic rings. The molecule has 162 valence electrons. The molecule has 1 amide bonds. The van der Waals surface area contributed by atoms with Crippen molar-refractivity contribution in [2.45, 2.75) is 6.54 Å². The van der Waals surface area contributed by atoms with Gasteiger partial charge in [0.25, 0.3) is 5.91 Å². The maximum absolute atomic E-state index is 13.2. The van der Waals surface area contributed by atoms with Crippen LogP contribution in [0.4, 0.5) is 10.7 Å². The molecule has 0 atom stereocenters. The smallest absolute Gasteiger partial charge is 0.265 e. The maximum Gasteiger partial charge on any atom is 0.265 e. The molecule has 1 aliphatic heterocycles. The average molecular weight is 445 g/mol. The van der Waals surface area contributed by atoms with E-state index in [1.165, 1.54) is 0 Å². The van der Waals surface area contributed by atoms with Gasteiger partial charge < -0.3 is 15.0 Å². The Morgan fingerprint density at radius 1 is 1.03 bits per heavy atom. The predicted octanol–water partition coefficient (Wildman–Crippen LogP) is 4.75. The fourth-order valence-electron chi connectivity index (χ4n) is 3.84. The van der Waals surface area contributed by atoms with Crippen molar-refractivity contribution < 1.29 is 9.53 Å². The number of carbonyl (C=O) groups is 1. The fourth-order valence-corrected chi connectivity index (χ4v) is 4.97. The number of carbonyl (C=O) groups excluding carboxylic acids is 1. The lowest BCUT2D eigenvalue weighted by atomic mass is 10.1. The number of nitrogens with zero attached hydrogens (tertiary/aromatic N) is 3. The van der Waals surface area contributed by atoms with E-state index in [4.69, 9.17) is 4.74 Å². The summed E-state index contributed by atoms with van der Waals surface area (Å²) in [5.74, 6) is -0.0945. The summed E-state index contributed by atoms with van der Waals surface area (Å²) in [7, 11) is 0. The summed E-state index contributed by atoms with van der Waals surface area (Å²) in [6.45, 7) is 3.73. The molecule has 0 spiro atoms. The Balaban J connectivity index is 1.39. The predicted molar refractivity (Wildman–Crippen MR) is 129 cm³/mol. The van der Waals surface area contributed by atoms with Crippen LogP contribution in [-0.2, 0) is 11.3 Å². The minimum Gasteiger partial charge on any atom is -0.378 e. The number of morpholine rings is 1. The van der Waals surface area contributed by atoms with Gasteiger partial charge in [-0.1, -0.05) is 42.5 Å². The fraction of sp³-hybridized carbons (Fsp3) is 0.200. The van der Waals surface area contributed by atoms with Gasteiger partial charge in [-0.05, 0) is 35.4 Å². The SMILES string of the molecule is O=C(Nc1cccc(Cn2cccn2)c1)c1cc(-c2ccccc2)c(N2CCOCC2)s1. The molecule has 1 fully saturated rings. The first kappa shape index (κ1) is 20.5. The molecule has 0 aliphatic carbocycles. The summed E-state index contributed by atoms with van der Waals surface area (Å²) < 4.78 is 7.39. The van der Waals surface area contributed by atoms with Crippen LogP contribution in [0.3, 0.4) is 0 Å². The van der Waals surface area contributed by atoms with Crippen LogP contribution in [0.15, 0.2) is 79.1 Å². The van der Waals surface area contributed by atoms with Crippen LogP contribution in [0, 0.1) is 0 Å². The second-order valence-electron chi connectivity index (χ2n) is 7.65. The quantitative estimate of drug-likeness (QED) is 0.466. The summed E-state index contributed by atoms with van der Waals surface area (Å²) in [5, 5.41) is 8.45. The van der Waals surface area contributed by atoms with Gasteiger partial charge in [0, 0.05) is 36.7 Å². The van der Waals surface area contributed by atoms with E-state index in [2.05, 4.69) is 27.4 Å². The van der Waals surface area contributed by atoms with Gasteiger partial charge in [-0.15, -0.1) is 11.3 Å². The van der Waals surface area contributed by atoms with Gasteiger partial charge >= 0.3 is 0 Å². The summed E-state index contributed by atoms with van der Waals surface area (Å²) in [6.07, 6.45) is 3.69. The van der Waals surface area contributed by atoms with Crippen LogP contribution < -0.4 is 10.2 Å². The first-order valence-corrected chi connectivity index (χ1v) is 11.5. The second-order valence-corrected chi connectivity index (χ2v) is 8.68. The third-order valence-electron chi connectivity index (χ3n) is 5.41. The molecule has 6 nitrogen and oxygen atoms in total. The zero-order valence-corrected chi connectivity index (χ0v) is 18.4. The Morgan fingerprint density at radius 3 is 2.66 bits per heavy atom. The number of thiophene rings is 1. The van der Waals surface area contributed by atoms with Crippen LogP contribution >= 0.6 is 11.3 Å². The summed E-state index contributed by atoms with van der Waals surface area (Å²) in [6, 6.07) is 22.1. The van der Waals surface area contributed by atoms with E-state index < -0.39 is 0 Å². The molecule has 2 aromatic carbocycles. The van der Waals surface area contributed by atoms with Crippen molar-refractivity contribution in [1.82, 2.24) is 9.78 Å². The Kier molecular flexibility index (Phi) is 6.00. The number of hydrogen-bond donors (Lipinski definition) is 1. The lowest BCUT2D eigenvalue weighted by molar-refractivity contribution is 0.103. The van der Waals surface area contributed by atoms with E-state index in [0.717, 1.165) is 40.5 Å². The van der Waals surface area contributed by atoms with E-state index in [1.807, 2.05) is 65.5 Å². The minimum absolute atomic E-state index is 0.0945. The molecule has 0 bridgehead atoms. The first-order chi connectivity index (χ1) is 15.8. The first-order valence-electron chi connectivity index (χ1n) is 10.7. The highest BCUT2D eigenvalue weighted by Gasteiger charge is 2.22. The Bertz CT molecular complexity index is 1180. The van der Waals surface area contributed by atoms with Crippen LogP contribution in [0.2, 0.25) is 0 Å². The summed E-state index contributed by atoms with van der Waals surface area (Å²) in [5.41, 5.74) is 4.07. The monoisotopic (exact) mass is 444 g/mol. The van der Waals surface area contributed by atoms with Crippen molar-refractivity contribution in [1.29, 1.82) is 0 Å². The Morgan fingerprint density at radius 2 is 1.88 bits per heavy atom. The standard InChI is InChI=1S/C25H24N4O2S/c30-24(27-21-9-4-6-19(16-21)18-29-11-5-10-26-29)23-17-22(20-7-2-1-3-8-20)25(32-23)28-12-14-31-15-13-28/h1-11,16-17H,12-15,18H2,(H,27,30). The number of nitrogens with one attached hydrogen (secondary N) is 1. The maximum atomic E-state index is 13.2. The van der Waals surface area contributed by atoms with Gasteiger partial charge in [0.05, 0.1) is 29.6 Å². The number of aromatic nitrogens is 2. The molecule has 0 saturated carbocycles. The normalized spacial score (nSPS) is 13.8. The topological polar surface area (TPSA) is 59.4 Å². The molecule has 1 N–H and O–H groups in total. The Hall–Kier alpha value is -3.42. The third kappa shape index (κ3) is 4.59. The van der Waals surface area contributed by atoms with Crippen molar-refractivity contribution in [2.75, 3.05) is 36.5 Å². The minimum atomic E-state index is -0.0945. The van der Waals surface area contributed by atoms with Crippen LogP contribution in [0.1, 0.15) is 15.2 Å². The van der Waals surface area contributed by atoms with Gasteiger partial charge in [0.1, 0.15) is 0 Å². The van der Waals surface area contributed by atoms with Crippen molar-refractivity contribution >= 4 is 27.9 Å². The Labute approximate surface area is 191 Å². The van der Waals surface area contributed by atoms with Crippen LogP contribution in [0.5, 0.6) is 0 Å². The molecule has 5 rings (SSSR count). The van der Waals surface area contributed by atoms with Crippen molar-refractivity contribution in [3.8, 4) is 11.1 Å². The summed E-state index contributed by atoms with van der Waals surface area (Å²) in [4.78, 5) is 16.2. The largest absolute Gasteiger partial charge is 0.378 e. The average Bonchev–Trinajstić information content (AvgIpc) is 3.51. The molecule has 0 radical (unpaired) electrons. The second kappa shape index (κ2) is 9.38. The van der Waals surface area contributed by atoms with Crippen molar-refractivity contribution in [3.05, 3.63) is 89.6 Å². The zero-order chi connectivity index (χ0) is 21.8. The zero-order valence-electron chi connectivity index (χ0n) is 17.6. The molecule has 1 aliphatic rings. The van der Waals surface area contributed by atoms with Gasteiger partial charge in [0.2, 0.25) is 0 Å². The number of anilines is 2. The highest BCUT2D eigenvalue weighted by Crippen LogP contribution is 2.39. The summed E-state index contributed by atoms with van der Waals surface area (Å²) >= 11 is 1.54. The van der Waals surface area contributed by atoms with E-state index in [-0.39, 0.29) is 5.91 Å². The van der Waals surface area contributed by atoms with Crippen LogP contribution in [0.25, 0.3) is 11.1 Å². The highest BCUT2D eigenvalue weighted by atomic mass is 32.1. The number of rotatable bonds is 6. The lowest BCUT2D eigenvalue weighted by Gasteiger charge is -2.28. The molecule has 2 aromatic heterocycles. The number of hydrogen-bond acceptors (Lipinski definition) is 5. The molecule has 1 saturated heterocycles. The van der Waals surface area contributed by atoms with E-state index in [0.29, 0.717) is 24.6 Å². The van der Waals surface area contributed by atoms with Gasteiger partial charge in [-0.3, -0.25) is 9.48 Å². The molecular weight excluding hydrogens is 420 g/mol. The van der Waals surface area contributed by atoms with E-state index >= 15 is 0 Å². The highest BCUT2D eigenvalue weighted by molar-refractivity contribution is 7.18. The van der Waals surface area contributed by atoms with Gasteiger partial charge in [-0.2, -0.15) is 5.10 Å². The molecule has 0 unspecified atom stereocenters. The molecule has 7 heteroatoms. The van der Waals surface area contributed by atoms with Gasteiger partial charge in [-0.25, -0.2) is 0 Å². The van der Waals surface area contributed by atoms with Crippen LogP contribution in [-0.4, -0.2) is 42.0 Å². The third-order valence-corrected chi connectivity index (χ3v) is 6.60. The van der Waals surface area contributed by atoms with Crippen molar-refractivity contribution in [3.63, 3.8) is 0 Å². The van der Waals surface area contributed by atoms with E-state index in [1.54, 1.807) is 17.5 Å². The molecule has 32 heavy (non-hydrogen) atoms. The van der Waals surface area contributed by atoms with Crippen molar-refractivity contribution in [2.24, 2.45) is 0 Å². The molecule has 3 heterocycles. The van der Waals surface area contributed by atoms with Gasteiger partial charge in [0.15, 0.2) is 0 Å². The number of amides is 1.